The zero-order valence-corrected chi connectivity index (χ0v) is 10.6. The number of aryl methyl sites for hydroxylation is 2. The standard InChI is InChI=1S/C12H16N2OS/c1-8-6-9(2)11-10(7-8)16-12(14-11)13-4-5-15-3/h6-7H,4-5H2,1-3H3,(H,13,14). The molecule has 2 rings (SSSR count). The molecule has 1 heterocycles. The Morgan fingerprint density at radius 3 is 2.94 bits per heavy atom. The van der Waals surface area contributed by atoms with Crippen LogP contribution in [0.15, 0.2) is 12.1 Å². The molecule has 1 aromatic carbocycles. The number of thiazole rings is 1. The fourth-order valence-electron chi connectivity index (χ4n) is 1.71. The summed E-state index contributed by atoms with van der Waals surface area (Å²) in [5.41, 5.74) is 3.64. The van der Waals surface area contributed by atoms with E-state index in [1.54, 1.807) is 18.4 Å². The fraction of sp³-hybridized carbons (Fsp3) is 0.417. The number of hydrogen-bond donors (Lipinski definition) is 1. The second-order valence-corrected chi connectivity index (χ2v) is 4.90. The molecule has 1 N–H and O–H groups in total. The van der Waals surface area contributed by atoms with Gasteiger partial charge in [-0.15, -0.1) is 0 Å². The molecule has 0 bridgehead atoms. The van der Waals surface area contributed by atoms with Crippen molar-refractivity contribution in [1.29, 1.82) is 0 Å². The SMILES string of the molecule is COCCNc1nc2c(C)cc(C)cc2s1. The van der Waals surface area contributed by atoms with E-state index in [1.807, 2.05) is 0 Å². The molecule has 4 heteroatoms. The van der Waals surface area contributed by atoms with Gasteiger partial charge >= 0.3 is 0 Å². The highest BCUT2D eigenvalue weighted by atomic mass is 32.1. The maximum Gasteiger partial charge on any atom is 0.183 e. The van der Waals surface area contributed by atoms with Gasteiger partial charge in [0.2, 0.25) is 0 Å². The van der Waals surface area contributed by atoms with Crippen LogP contribution in [0.3, 0.4) is 0 Å². The first-order valence-corrected chi connectivity index (χ1v) is 6.13. The Bertz CT molecular complexity index is 493. The Balaban J connectivity index is 2.26. The number of fused-ring (bicyclic) bond motifs is 1. The average Bonchev–Trinajstić information content (AvgIpc) is 2.61. The number of ether oxygens (including phenoxy) is 1. The molecule has 2 aromatic rings. The second-order valence-electron chi connectivity index (χ2n) is 3.87. The average molecular weight is 236 g/mol. The van der Waals surface area contributed by atoms with Gasteiger partial charge in [-0.05, 0) is 31.0 Å². The summed E-state index contributed by atoms with van der Waals surface area (Å²) >= 11 is 1.70. The normalized spacial score (nSPS) is 10.9. The van der Waals surface area contributed by atoms with Crippen molar-refractivity contribution in [3.63, 3.8) is 0 Å². The maximum absolute atomic E-state index is 4.99. The zero-order valence-electron chi connectivity index (χ0n) is 9.83. The molecule has 0 saturated heterocycles. The first kappa shape index (κ1) is 11.4. The van der Waals surface area contributed by atoms with Crippen LogP contribution in [0.2, 0.25) is 0 Å². The highest BCUT2D eigenvalue weighted by molar-refractivity contribution is 7.22. The van der Waals surface area contributed by atoms with Gasteiger partial charge in [0, 0.05) is 13.7 Å². The molecule has 1 aromatic heterocycles. The Labute approximate surface area is 99.5 Å². The number of hydrogen-bond acceptors (Lipinski definition) is 4. The van der Waals surface area contributed by atoms with Gasteiger partial charge in [-0.2, -0.15) is 0 Å². The van der Waals surface area contributed by atoms with E-state index in [0.29, 0.717) is 6.61 Å². The third-order valence-corrected chi connectivity index (χ3v) is 3.37. The van der Waals surface area contributed by atoms with Crippen LogP contribution < -0.4 is 5.32 Å². The second kappa shape index (κ2) is 4.80. The van der Waals surface area contributed by atoms with Crippen LogP contribution in [0.25, 0.3) is 10.2 Å². The van der Waals surface area contributed by atoms with E-state index in [0.717, 1.165) is 17.2 Å². The minimum absolute atomic E-state index is 0.702. The fourth-order valence-corrected chi connectivity index (χ4v) is 2.77. The highest BCUT2D eigenvalue weighted by Crippen LogP contribution is 2.28. The first-order valence-electron chi connectivity index (χ1n) is 5.31. The molecule has 86 valence electrons. The van der Waals surface area contributed by atoms with Gasteiger partial charge in [0.25, 0.3) is 0 Å². The largest absolute Gasteiger partial charge is 0.383 e. The lowest BCUT2D eigenvalue weighted by Crippen LogP contribution is -2.06. The third-order valence-electron chi connectivity index (χ3n) is 2.41. The predicted octanol–water partition coefficient (Wildman–Crippen LogP) is 2.97. The van der Waals surface area contributed by atoms with Gasteiger partial charge in [-0.1, -0.05) is 17.4 Å². The monoisotopic (exact) mass is 236 g/mol. The highest BCUT2D eigenvalue weighted by Gasteiger charge is 2.06. The van der Waals surface area contributed by atoms with Crippen molar-refractivity contribution in [2.24, 2.45) is 0 Å². The number of rotatable bonds is 4. The van der Waals surface area contributed by atoms with E-state index in [-0.39, 0.29) is 0 Å². The van der Waals surface area contributed by atoms with Crippen molar-refractivity contribution in [3.05, 3.63) is 23.3 Å². The molecular formula is C12H16N2OS. The van der Waals surface area contributed by atoms with E-state index >= 15 is 0 Å². The van der Waals surface area contributed by atoms with Crippen LogP contribution in [0.5, 0.6) is 0 Å². The first-order chi connectivity index (χ1) is 7.70. The summed E-state index contributed by atoms with van der Waals surface area (Å²) in [4.78, 5) is 4.58. The van der Waals surface area contributed by atoms with E-state index in [9.17, 15) is 0 Å². The molecule has 0 atom stereocenters. The van der Waals surface area contributed by atoms with Crippen molar-refractivity contribution in [2.45, 2.75) is 13.8 Å². The van der Waals surface area contributed by atoms with Crippen LogP contribution in [-0.4, -0.2) is 25.2 Å². The van der Waals surface area contributed by atoms with E-state index < -0.39 is 0 Å². The molecule has 0 spiro atoms. The molecule has 3 nitrogen and oxygen atoms in total. The number of nitrogens with one attached hydrogen (secondary N) is 1. The smallest absolute Gasteiger partial charge is 0.183 e. The summed E-state index contributed by atoms with van der Waals surface area (Å²) in [5.74, 6) is 0. The molecule has 0 unspecified atom stereocenters. The lowest BCUT2D eigenvalue weighted by Gasteiger charge is -1.99. The van der Waals surface area contributed by atoms with Gasteiger partial charge in [0.05, 0.1) is 16.8 Å². The molecule has 0 radical (unpaired) electrons. The summed E-state index contributed by atoms with van der Waals surface area (Å²) in [6, 6.07) is 4.35. The minimum atomic E-state index is 0.702. The van der Waals surface area contributed by atoms with E-state index in [4.69, 9.17) is 4.74 Å². The summed E-state index contributed by atoms with van der Waals surface area (Å²) in [6.07, 6.45) is 0. The zero-order chi connectivity index (χ0) is 11.5. The van der Waals surface area contributed by atoms with Crippen LogP contribution in [0, 0.1) is 13.8 Å². The van der Waals surface area contributed by atoms with Crippen molar-refractivity contribution in [2.75, 3.05) is 25.6 Å². The molecule has 0 aliphatic heterocycles. The summed E-state index contributed by atoms with van der Waals surface area (Å²) in [5, 5.41) is 4.24. The van der Waals surface area contributed by atoms with E-state index in [1.165, 1.54) is 15.8 Å². The summed E-state index contributed by atoms with van der Waals surface area (Å²) in [6.45, 7) is 5.72. The van der Waals surface area contributed by atoms with E-state index in [2.05, 4.69) is 36.3 Å². The number of nitrogens with zero attached hydrogens (tertiary/aromatic N) is 1. The van der Waals surface area contributed by atoms with Crippen molar-refractivity contribution < 1.29 is 4.74 Å². The van der Waals surface area contributed by atoms with Crippen molar-refractivity contribution in [3.8, 4) is 0 Å². The van der Waals surface area contributed by atoms with Gasteiger partial charge in [-0.25, -0.2) is 4.98 Å². The molecular weight excluding hydrogens is 220 g/mol. The lowest BCUT2D eigenvalue weighted by atomic mass is 10.1. The lowest BCUT2D eigenvalue weighted by molar-refractivity contribution is 0.211. The topological polar surface area (TPSA) is 34.1 Å². The number of methoxy groups -OCH3 is 1. The predicted molar refractivity (Wildman–Crippen MR) is 69.5 cm³/mol. The van der Waals surface area contributed by atoms with Gasteiger partial charge in [0.1, 0.15) is 0 Å². The van der Waals surface area contributed by atoms with Crippen LogP contribution in [0.1, 0.15) is 11.1 Å². The maximum atomic E-state index is 4.99. The van der Waals surface area contributed by atoms with Gasteiger partial charge < -0.3 is 10.1 Å². The molecule has 16 heavy (non-hydrogen) atoms. The summed E-state index contributed by atoms with van der Waals surface area (Å²) in [7, 11) is 1.70. The molecule has 0 saturated carbocycles. The Morgan fingerprint density at radius 2 is 2.19 bits per heavy atom. The molecule has 0 aliphatic carbocycles. The third kappa shape index (κ3) is 2.33. The summed E-state index contributed by atoms with van der Waals surface area (Å²) < 4.78 is 6.24. The number of aromatic nitrogens is 1. The molecule has 0 aliphatic rings. The van der Waals surface area contributed by atoms with Crippen LogP contribution in [-0.2, 0) is 4.74 Å². The van der Waals surface area contributed by atoms with Gasteiger partial charge in [-0.3, -0.25) is 0 Å². The minimum Gasteiger partial charge on any atom is -0.383 e. The van der Waals surface area contributed by atoms with Crippen molar-refractivity contribution >= 4 is 26.7 Å². The Morgan fingerprint density at radius 1 is 1.38 bits per heavy atom. The van der Waals surface area contributed by atoms with Crippen molar-refractivity contribution in [1.82, 2.24) is 4.98 Å². The Kier molecular flexibility index (Phi) is 3.41. The number of benzene rings is 1. The molecule has 0 fully saturated rings. The number of anilines is 1. The van der Waals surface area contributed by atoms with Crippen LogP contribution in [0.4, 0.5) is 5.13 Å². The molecule has 0 amide bonds. The van der Waals surface area contributed by atoms with Gasteiger partial charge in [0.15, 0.2) is 5.13 Å². The van der Waals surface area contributed by atoms with Crippen LogP contribution >= 0.6 is 11.3 Å². The Hall–Kier alpha value is -1.13. The quantitative estimate of drug-likeness (QED) is 0.829.